The molecule has 0 aliphatic carbocycles. The van der Waals surface area contributed by atoms with Crippen molar-refractivity contribution in [2.75, 3.05) is 7.11 Å². The summed E-state index contributed by atoms with van der Waals surface area (Å²) in [4.78, 5) is 23.8. The normalized spacial score (nSPS) is 12.4. The van der Waals surface area contributed by atoms with Crippen LogP contribution in [0.4, 0.5) is 4.79 Å². The van der Waals surface area contributed by atoms with Crippen molar-refractivity contribution in [3.05, 3.63) is 25.7 Å². The first-order valence-corrected chi connectivity index (χ1v) is 8.65. The number of methoxy groups -OCH3 is 1. The zero-order valence-corrected chi connectivity index (χ0v) is 17.0. The molecule has 0 spiro atoms. The number of ether oxygens (including phenoxy) is 2. The third kappa shape index (κ3) is 6.54. The number of rotatable bonds is 4. The number of hydrogen-bond acceptors (Lipinski definition) is 5. The molecule has 2 N–H and O–H groups in total. The maximum Gasteiger partial charge on any atom is 0.408 e. The maximum atomic E-state index is 11.9. The summed E-state index contributed by atoms with van der Waals surface area (Å²) in [6.45, 7) is 5.21. The number of halogens is 2. The Morgan fingerprint density at radius 1 is 1.39 bits per heavy atom. The van der Waals surface area contributed by atoms with Crippen LogP contribution in [0.3, 0.4) is 0 Å². The van der Waals surface area contributed by atoms with Crippen molar-refractivity contribution in [1.82, 2.24) is 5.32 Å². The molecule has 8 heteroatoms. The van der Waals surface area contributed by atoms with Gasteiger partial charge in [0.15, 0.2) is 0 Å². The largest absolute Gasteiger partial charge is 0.506 e. The average molecular weight is 500 g/mol. The summed E-state index contributed by atoms with van der Waals surface area (Å²) >= 11 is 5.23. The van der Waals surface area contributed by atoms with Gasteiger partial charge in [-0.25, -0.2) is 9.59 Å². The van der Waals surface area contributed by atoms with E-state index in [4.69, 9.17) is 9.47 Å². The molecule has 0 unspecified atom stereocenters. The van der Waals surface area contributed by atoms with Crippen LogP contribution < -0.4 is 5.32 Å². The molecule has 1 atom stereocenters. The van der Waals surface area contributed by atoms with Crippen molar-refractivity contribution in [2.24, 2.45) is 0 Å². The van der Waals surface area contributed by atoms with E-state index in [1.165, 1.54) is 7.11 Å². The second-order valence-corrected chi connectivity index (χ2v) is 7.85. The number of carbonyl (C=O) groups is 2. The van der Waals surface area contributed by atoms with Crippen LogP contribution in [0.1, 0.15) is 26.3 Å². The van der Waals surface area contributed by atoms with Gasteiger partial charge in [-0.15, -0.1) is 0 Å². The van der Waals surface area contributed by atoms with Crippen molar-refractivity contribution >= 4 is 50.6 Å². The third-order valence-electron chi connectivity index (χ3n) is 2.69. The molecule has 23 heavy (non-hydrogen) atoms. The molecule has 0 aliphatic rings. The highest BCUT2D eigenvalue weighted by atomic mass is 127. The Kier molecular flexibility index (Phi) is 7.12. The molecule has 0 aliphatic heterocycles. The van der Waals surface area contributed by atoms with Gasteiger partial charge in [-0.05, 0) is 77.0 Å². The van der Waals surface area contributed by atoms with Crippen molar-refractivity contribution in [3.63, 3.8) is 0 Å². The van der Waals surface area contributed by atoms with E-state index in [1.807, 2.05) is 22.6 Å². The highest BCUT2D eigenvalue weighted by Gasteiger charge is 2.25. The predicted molar refractivity (Wildman–Crippen MR) is 97.4 cm³/mol. The number of benzene rings is 1. The van der Waals surface area contributed by atoms with E-state index in [0.29, 0.717) is 8.04 Å². The van der Waals surface area contributed by atoms with Gasteiger partial charge in [0.05, 0.1) is 15.2 Å². The van der Waals surface area contributed by atoms with E-state index >= 15 is 0 Å². The number of phenols is 1. The fourth-order valence-electron chi connectivity index (χ4n) is 1.76. The Morgan fingerprint density at radius 3 is 2.48 bits per heavy atom. The standard InChI is InChI=1S/C15H19BrINO5/c1-15(2,3)23-14(21)18-11(13(20)22-4)7-8-5-9(16)12(19)10(17)6-8/h5-6,11,19H,7H2,1-4H3,(H,18,21)/t11-/m0/s1. The number of phenolic OH excluding ortho intramolecular Hbond substituents is 1. The number of nitrogens with one attached hydrogen (secondary N) is 1. The van der Waals surface area contributed by atoms with Crippen molar-refractivity contribution in [1.29, 1.82) is 0 Å². The molecule has 6 nitrogen and oxygen atoms in total. The lowest BCUT2D eigenvalue weighted by molar-refractivity contribution is -0.143. The molecular formula is C15H19BrINO5. The van der Waals surface area contributed by atoms with E-state index in [9.17, 15) is 14.7 Å². The van der Waals surface area contributed by atoms with E-state index in [2.05, 4.69) is 21.2 Å². The van der Waals surface area contributed by atoms with Crippen LogP contribution in [0, 0.1) is 3.57 Å². The Hall–Kier alpha value is -1.03. The van der Waals surface area contributed by atoms with Gasteiger partial charge >= 0.3 is 12.1 Å². The number of hydrogen-bond donors (Lipinski definition) is 2. The lowest BCUT2D eigenvalue weighted by Crippen LogP contribution is -2.45. The van der Waals surface area contributed by atoms with Gasteiger partial charge in [0.1, 0.15) is 17.4 Å². The lowest BCUT2D eigenvalue weighted by atomic mass is 10.1. The van der Waals surface area contributed by atoms with Gasteiger partial charge in [-0.1, -0.05) is 0 Å². The van der Waals surface area contributed by atoms with Crippen molar-refractivity contribution in [2.45, 2.75) is 38.8 Å². The molecular weight excluding hydrogens is 481 g/mol. The summed E-state index contributed by atoms with van der Waals surface area (Å²) in [7, 11) is 1.25. The van der Waals surface area contributed by atoms with E-state index in [-0.39, 0.29) is 12.2 Å². The van der Waals surface area contributed by atoms with Crippen molar-refractivity contribution < 1.29 is 24.2 Å². The first-order valence-electron chi connectivity index (χ1n) is 6.77. The van der Waals surface area contributed by atoms with Gasteiger partial charge in [0.2, 0.25) is 0 Å². The summed E-state index contributed by atoms with van der Waals surface area (Å²) in [5.74, 6) is -0.445. The van der Waals surface area contributed by atoms with Crippen LogP contribution in [0.25, 0.3) is 0 Å². The van der Waals surface area contributed by atoms with Gasteiger partial charge in [0.25, 0.3) is 0 Å². The Labute approximate surface area is 157 Å². The van der Waals surface area contributed by atoms with Crippen LogP contribution in [-0.4, -0.2) is 35.9 Å². The monoisotopic (exact) mass is 499 g/mol. The van der Waals surface area contributed by atoms with Crippen LogP contribution in [0.5, 0.6) is 5.75 Å². The van der Waals surface area contributed by atoms with E-state index in [1.54, 1.807) is 32.9 Å². The van der Waals surface area contributed by atoms with E-state index in [0.717, 1.165) is 5.56 Å². The molecule has 0 radical (unpaired) electrons. The van der Waals surface area contributed by atoms with Gasteiger partial charge in [0, 0.05) is 6.42 Å². The van der Waals surface area contributed by atoms with Gasteiger partial charge in [-0.2, -0.15) is 0 Å². The topological polar surface area (TPSA) is 84.9 Å². The quantitative estimate of drug-likeness (QED) is 0.490. The van der Waals surface area contributed by atoms with Gasteiger partial charge in [-0.3, -0.25) is 0 Å². The SMILES string of the molecule is COC(=O)[C@H](Cc1cc(Br)c(O)c(I)c1)NC(=O)OC(C)(C)C. The predicted octanol–water partition coefficient (Wildman–Crippen LogP) is 3.37. The zero-order chi connectivity index (χ0) is 17.8. The number of alkyl carbamates (subject to hydrolysis) is 1. The summed E-state index contributed by atoms with van der Waals surface area (Å²) in [5.41, 5.74) is 0.0901. The smallest absolute Gasteiger partial charge is 0.408 e. The zero-order valence-electron chi connectivity index (χ0n) is 13.3. The second kappa shape index (κ2) is 8.18. The minimum atomic E-state index is -0.887. The van der Waals surface area contributed by atoms with Crippen LogP contribution in [-0.2, 0) is 20.7 Å². The highest BCUT2D eigenvalue weighted by Crippen LogP contribution is 2.30. The molecule has 128 valence electrons. The summed E-state index contributed by atoms with van der Waals surface area (Å²) in [6.07, 6.45) is -0.485. The first-order chi connectivity index (χ1) is 10.5. The summed E-state index contributed by atoms with van der Waals surface area (Å²) < 4.78 is 11.0. The molecule has 1 amide bonds. The van der Waals surface area contributed by atoms with E-state index < -0.39 is 23.7 Å². The number of carbonyl (C=O) groups excluding carboxylic acids is 2. The minimum absolute atomic E-state index is 0.129. The van der Waals surface area contributed by atoms with Crippen LogP contribution in [0.2, 0.25) is 0 Å². The molecule has 1 rings (SSSR count). The summed E-state index contributed by atoms with van der Waals surface area (Å²) in [6, 6.07) is 2.53. The Balaban J connectivity index is 2.92. The fourth-order valence-corrected chi connectivity index (χ4v) is 3.33. The maximum absolute atomic E-state index is 11.9. The number of aromatic hydroxyl groups is 1. The molecule has 0 saturated carbocycles. The third-order valence-corrected chi connectivity index (χ3v) is 4.12. The Bertz CT molecular complexity index is 577. The Morgan fingerprint density at radius 2 is 2.00 bits per heavy atom. The van der Waals surface area contributed by atoms with Crippen LogP contribution >= 0.6 is 38.5 Å². The number of amides is 1. The molecule has 0 aromatic heterocycles. The fraction of sp³-hybridized carbons (Fsp3) is 0.467. The number of esters is 1. The highest BCUT2D eigenvalue weighted by molar-refractivity contribution is 14.1. The molecule has 0 saturated heterocycles. The second-order valence-electron chi connectivity index (χ2n) is 5.83. The molecule has 0 bridgehead atoms. The molecule has 1 aromatic carbocycles. The molecule has 0 heterocycles. The van der Waals surface area contributed by atoms with Crippen LogP contribution in [0.15, 0.2) is 16.6 Å². The molecule has 1 aromatic rings. The first kappa shape index (κ1) is 20.0. The van der Waals surface area contributed by atoms with Gasteiger partial charge < -0.3 is 19.9 Å². The average Bonchev–Trinajstić information content (AvgIpc) is 2.41. The lowest BCUT2D eigenvalue weighted by Gasteiger charge is -2.22. The molecule has 0 fully saturated rings. The van der Waals surface area contributed by atoms with Crippen molar-refractivity contribution in [3.8, 4) is 5.75 Å². The summed E-state index contributed by atoms with van der Waals surface area (Å²) in [5, 5.41) is 12.3. The minimum Gasteiger partial charge on any atom is -0.506 e.